The van der Waals surface area contributed by atoms with Gasteiger partial charge in [-0.1, -0.05) is 45.0 Å². The molecule has 2 aliphatic rings. The van der Waals surface area contributed by atoms with Crippen molar-refractivity contribution in [1.29, 1.82) is 0 Å². The number of halogens is 2. The third kappa shape index (κ3) is 2.22. The van der Waals surface area contributed by atoms with Crippen molar-refractivity contribution < 1.29 is 8.78 Å². The number of fused-ring (bicyclic) bond motifs is 1. The van der Waals surface area contributed by atoms with Crippen molar-refractivity contribution in [3.63, 3.8) is 0 Å². The van der Waals surface area contributed by atoms with Crippen molar-refractivity contribution >= 4 is 5.57 Å². The van der Waals surface area contributed by atoms with E-state index in [1.54, 1.807) is 12.1 Å². The molecule has 1 saturated carbocycles. The molecule has 102 valence electrons. The highest BCUT2D eigenvalue weighted by Gasteiger charge is 2.56. The molecule has 1 aromatic carbocycles. The second kappa shape index (κ2) is 4.16. The van der Waals surface area contributed by atoms with E-state index in [1.165, 1.54) is 11.6 Å². The van der Waals surface area contributed by atoms with Gasteiger partial charge in [-0.2, -0.15) is 0 Å². The summed E-state index contributed by atoms with van der Waals surface area (Å²) in [6.45, 7) is 6.88. The highest BCUT2D eigenvalue weighted by Crippen LogP contribution is 2.64. The standard InChI is InChI=1S/C17H20F2/c1-17(2,3)15-13-8-12(9-14(13)15)10-5-4-6-11(7-10)16(18)19/h4-8,13-16H,9H2,1-3H3. The van der Waals surface area contributed by atoms with Gasteiger partial charge in [-0.05, 0) is 46.8 Å². The highest BCUT2D eigenvalue weighted by molar-refractivity contribution is 5.70. The zero-order valence-electron chi connectivity index (χ0n) is 11.7. The van der Waals surface area contributed by atoms with E-state index in [-0.39, 0.29) is 5.56 Å². The lowest BCUT2D eigenvalue weighted by molar-refractivity contribution is 0.151. The van der Waals surface area contributed by atoms with Gasteiger partial charge in [-0.25, -0.2) is 8.78 Å². The zero-order valence-corrected chi connectivity index (χ0v) is 11.7. The van der Waals surface area contributed by atoms with E-state index >= 15 is 0 Å². The van der Waals surface area contributed by atoms with Gasteiger partial charge >= 0.3 is 0 Å². The summed E-state index contributed by atoms with van der Waals surface area (Å²) in [6.07, 6.45) is 1.00. The number of benzene rings is 1. The maximum absolute atomic E-state index is 12.7. The van der Waals surface area contributed by atoms with Gasteiger partial charge in [-0.15, -0.1) is 0 Å². The van der Waals surface area contributed by atoms with Crippen LogP contribution in [-0.4, -0.2) is 0 Å². The average Bonchev–Trinajstić information content (AvgIpc) is 2.87. The molecular weight excluding hydrogens is 242 g/mol. The second-order valence-corrected chi connectivity index (χ2v) is 6.96. The second-order valence-electron chi connectivity index (χ2n) is 6.96. The summed E-state index contributed by atoms with van der Waals surface area (Å²) in [5, 5.41) is 0. The Morgan fingerprint density at radius 2 is 1.95 bits per heavy atom. The van der Waals surface area contributed by atoms with Gasteiger partial charge in [0.25, 0.3) is 6.43 Å². The van der Waals surface area contributed by atoms with Crippen LogP contribution in [0.5, 0.6) is 0 Å². The third-order valence-corrected chi connectivity index (χ3v) is 4.59. The molecule has 0 spiro atoms. The Kier molecular flexibility index (Phi) is 2.81. The predicted molar refractivity (Wildman–Crippen MR) is 73.9 cm³/mol. The Hall–Kier alpha value is -1.18. The minimum Gasteiger partial charge on any atom is -0.205 e. The molecule has 3 atom stereocenters. The maximum Gasteiger partial charge on any atom is 0.263 e. The fraction of sp³-hybridized carbons (Fsp3) is 0.529. The van der Waals surface area contributed by atoms with Gasteiger partial charge in [0.05, 0.1) is 0 Å². The van der Waals surface area contributed by atoms with E-state index in [0.717, 1.165) is 23.8 Å². The fourth-order valence-electron chi connectivity index (χ4n) is 3.75. The van der Waals surface area contributed by atoms with Crippen molar-refractivity contribution in [3.8, 4) is 0 Å². The van der Waals surface area contributed by atoms with Crippen LogP contribution in [0.3, 0.4) is 0 Å². The molecule has 3 rings (SSSR count). The molecule has 0 amide bonds. The molecule has 0 saturated heterocycles. The number of allylic oxidation sites excluding steroid dienone is 2. The quantitative estimate of drug-likeness (QED) is 0.676. The predicted octanol–water partition coefficient (Wildman–Crippen LogP) is 5.32. The topological polar surface area (TPSA) is 0 Å². The van der Waals surface area contributed by atoms with Crippen molar-refractivity contribution in [2.75, 3.05) is 0 Å². The zero-order chi connectivity index (χ0) is 13.8. The van der Waals surface area contributed by atoms with Crippen molar-refractivity contribution in [2.24, 2.45) is 23.2 Å². The van der Waals surface area contributed by atoms with Gasteiger partial charge in [0.2, 0.25) is 0 Å². The highest BCUT2D eigenvalue weighted by atomic mass is 19.3. The minimum atomic E-state index is -2.38. The first kappa shape index (κ1) is 12.8. The Labute approximate surface area is 113 Å². The molecule has 1 aromatic rings. The summed E-state index contributed by atoms with van der Waals surface area (Å²) in [7, 11) is 0. The van der Waals surface area contributed by atoms with Crippen LogP contribution in [0.4, 0.5) is 8.78 Å². The molecule has 2 heteroatoms. The Morgan fingerprint density at radius 3 is 2.47 bits per heavy atom. The first-order valence-electron chi connectivity index (χ1n) is 6.97. The summed E-state index contributed by atoms with van der Waals surface area (Å²) in [5.41, 5.74) is 2.74. The smallest absolute Gasteiger partial charge is 0.205 e. The average molecular weight is 262 g/mol. The van der Waals surface area contributed by atoms with Gasteiger partial charge in [0.1, 0.15) is 0 Å². The van der Waals surface area contributed by atoms with E-state index in [2.05, 4.69) is 26.8 Å². The third-order valence-electron chi connectivity index (χ3n) is 4.59. The molecule has 0 nitrogen and oxygen atoms in total. The molecule has 0 heterocycles. The van der Waals surface area contributed by atoms with Crippen molar-refractivity contribution in [3.05, 3.63) is 41.5 Å². The minimum absolute atomic E-state index is 0.131. The van der Waals surface area contributed by atoms with Crippen LogP contribution < -0.4 is 0 Å². The Morgan fingerprint density at radius 1 is 1.21 bits per heavy atom. The lowest BCUT2D eigenvalue weighted by Gasteiger charge is -2.20. The molecule has 0 bridgehead atoms. The van der Waals surface area contributed by atoms with Crippen molar-refractivity contribution in [1.82, 2.24) is 0 Å². The molecule has 0 aromatic heterocycles. The maximum atomic E-state index is 12.7. The van der Waals surface area contributed by atoms with Crippen LogP contribution in [0, 0.1) is 23.2 Å². The van der Waals surface area contributed by atoms with E-state index in [1.807, 2.05) is 6.07 Å². The van der Waals surface area contributed by atoms with Gasteiger partial charge in [0.15, 0.2) is 0 Å². The summed E-state index contributed by atoms with van der Waals surface area (Å²) >= 11 is 0. The molecule has 19 heavy (non-hydrogen) atoms. The van der Waals surface area contributed by atoms with Crippen LogP contribution in [0.25, 0.3) is 5.57 Å². The summed E-state index contributed by atoms with van der Waals surface area (Å²) in [4.78, 5) is 0. The van der Waals surface area contributed by atoms with Crippen LogP contribution >= 0.6 is 0 Å². The number of hydrogen-bond donors (Lipinski definition) is 0. The SMILES string of the molecule is CC(C)(C)C1C2C=C(c3cccc(C(F)F)c3)CC21. The van der Waals surface area contributed by atoms with Gasteiger partial charge in [-0.3, -0.25) is 0 Å². The number of alkyl halides is 2. The van der Waals surface area contributed by atoms with Gasteiger partial charge < -0.3 is 0 Å². The summed E-state index contributed by atoms with van der Waals surface area (Å²) in [5.74, 6) is 2.19. The molecule has 0 aliphatic heterocycles. The van der Waals surface area contributed by atoms with E-state index < -0.39 is 6.43 Å². The molecule has 0 radical (unpaired) electrons. The van der Waals surface area contributed by atoms with Crippen LogP contribution in [0.1, 0.15) is 44.7 Å². The first-order chi connectivity index (χ1) is 8.88. The Balaban J connectivity index is 1.80. The lowest BCUT2D eigenvalue weighted by Crippen LogP contribution is -2.11. The molecule has 1 fully saturated rings. The van der Waals surface area contributed by atoms with Gasteiger partial charge in [0, 0.05) is 5.56 Å². The number of hydrogen-bond acceptors (Lipinski definition) is 0. The van der Waals surface area contributed by atoms with E-state index in [0.29, 0.717) is 11.3 Å². The molecular formula is C17H20F2. The fourth-order valence-corrected chi connectivity index (χ4v) is 3.75. The monoisotopic (exact) mass is 262 g/mol. The van der Waals surface area contributed by atoms with Crippen LogP contribution in [-0.2, 0) is 0 Å². The number of rotatable bonds is 2. The largest absolute Gasteiger partial charge is 0.263 e. The van der Waals surface area contributed by atoms with Crippen LogP contribution in [0.2, 0.25) is 0 Å². The summed E-state index contributed by atoms with van der Waals surface area (Å²) in [6, 6.07) is 6.84. The lowest BCUT2D eigenvalue weighted by atomic mass is 9.85. The van der Waals surface area contributed by atoms with Crippen molar-refractivity contribution in [2.45, 2.75) is 33.6 Å². The van der Waals surface area contributed by atoms with Crippen LogP contribution in [0.15, 0.2) is 30.3 Å². The van der Waals surface area contributed by atoms with E-state index in [4.69, 9.17) is 0 Å². The summed E-state index contributed by atoms with van der Waals surface area (Å²) < 4.78 is 25.4. The normalized spacial score (nSPS) is 29.4. The first-order valence-corrected chi connectivity index (χ1v) is 6.97. The molecule has 2 aliphatic carbocycles. The molecule has 0 N–H and O–H groups in total. The van der Waals surface area contributed by atoms with E-state index in [9.17, 15) is 8.78 Å². The Bertz CT molecular complexity index is 522. The molecule has 3 unspecified atom stereocenters.